The SMILES string of the molecule is CCOC(=O)[C@@H](OC(=O)[C@@](OC)(c1ccccc1)C(F)(F)F)[C@H](OC(=O)[C@@](OC)(c1ccccc1)C(F)(F)F)c1ccc(OC)cc1. The van der Waals surface area contributed by atoms with Crippen LogP contribution in [0.5, 0.6) is 5.75 Å². The second-order valence-electron chi connectivity index (χ2n) is 9.68. The van der Waals surface area contributed by atoms with Crippen molar-refractivity contribution in [3.8, 4) is 5.75 Å². The number of esters is 3. The van der Waals surface area contributed by atoms with E-state index >= 15 is 0 Å². The summed E-state index contributed by atoms with van der Waals surface area (Å²) >= 11 is 0. The first-order chi connectivity index (χ1) is 22.1. The number of hydrogen-bond donors (Lipinski definition) is 0. The first kappa shape index (κ1) is 36.8. The fourth-order valence-electron chi connectivity index (χ4n) is 4.73. The topological polar surface area (TPSA) is 107 Å². The normalized spacial score (nSPS) is 15.7. The summed E-state index contributed by atoms with van der Waals surface area (Å²) in [6, 6.07) is 15.9. The van der Waals surface area contributed by atoms with Gasteiger partial charge in [0, 0.05) is 25.3 Å². The van der Waals surface area contributed by atoms with Crippen molar-refractivity contribution in [3.05, 3.63) is 102 Å². The summed E-state index contributed by atoms with van der Waals surface area (Å²) in [5.41, 5.74) is -9.40. The zero-order valence-electron chi connectivity index (χ0n) is 25.4. The van der Waals surface area contributed by atoms with Crippen LogP contribution in [-0.4, -0.2) is 64.3 Å². The van der Waals surface area contributed by atoms with Crippen molar-refractivity contribution in [3.63, 3.8) is 0 Å². The number of hydrogen-bond acceptors (Lipinski definition) is 9. The van der Waals surface area contributed by atoms with Crippen molar-refractivity contribution in [2.45, 2.75) is 42.7 Å². The average molecular weight is 673 g/mol. The van der Waals surface area contributed by atoms with Crippen molar-refractivity contribution in [1.82, 2.24) is 0 Å². The Morgan fingerprint density at radius 1 is 0.638 bits per heavy atom. The van der Waals surface area contributed by atoms with E-state index in [1.165, 1.54) is 62.6 Å². The Balaban J connectivity index is 2.25. The van der Waals surface area contributed by atoms with Crippen molar-refractivity contribution < 1.29 is 69.1 Å². The van der Waals surface area contributed by atoms with E-state index in [0.29, 0.717) is 14.2 Å². The van der Waals surface area contributed by atoms with E-state index in [2.05, 4.69) is 0 Å². The summed E-state index contributed by atoms with van der Waals surface area (Å²) in [6.45, 7) is 0.886. The van der Waals surface area contributed by atoms with Gasteiger partial charge in [-0.1, -0.05) is 72.8 Å². The average Bonchev–Trinajstić information content (AvgIpc) is 3.03. The number of ether oxygens (including phenoxy) is 6. The van der Waals surface area contributed by atoms with Crippen LogP contribution in [0.25, 0.3) is 0 Å². The van der Waals surface area contributed by atoms with Crippen LogP contribution in [0.1, 0.15) is 29.7 Å². The third kappa shape index (κ3) is 7.20. The molecule has 0 aromatic heterocycles. The second-order valence-corrected chi connectivity index (χ2v) is 9.68. The Hall–Kier alpha value is -4.63. The molecular weight excluding hydrogens is 642 g/mol. The molecule has 3 rings (SSSR count). The van der Waals surface area contributed by atoms with Crippen LogP contribution in [0, 0.1) is 0 Å². The summed E-state index contributed by atoms with van der Waals surface area (Å²) in [6.07, 6.45) is -15.9. The number of methoxy groups -OCH3 is 3. The van der Waals surface area contributed by atoms with Crippen LogP contribution >= 0.6 is 0 Å². The minimum Gasteiger partial charge on any atom is -0.497 e. The van der Waals surface area contributed by atoms with E-state index in [1.807, 2.05) is 0 Å². The molecule has 0 N–H and O–H groups in total. The highest BCUT2D eigenvalue weighted by molar-refractivity contribution is 5.87. The molecule has 0 aliphatic carbocycles. The van der Waals surface area contributed by atoms with Gasteiger partial charge in [-0.3, -0.25) is 0 Å². The maximum Gasteiger partial charge on any atom is 0.432 e. The van der Waals surface area contributed by atoms with Gasteiger partial charge in [0.1, 0.15) is 5.75 Å². The predicted octanol–water partition coefficient (Wildman–Crippen LogP) is 5.96. The van der Waals surface area contributed by atoms with Gasteiger partial charge in [-0.2, -0.15) is 26.3 Å². The third-order valence-corrected chi connectivity index (χ3v) is 7.05. The van der Waals surface area contributed by atoms with Crippen molar-refractivity contribution >= 4 is 17.9 Å². The largest absolute Gasteiger partial charge is 0.497 e. The fraction of sp³-hybridized carbons (Fsp3) is 0.344. The lowest BCUT2D eigenvalue weighted by atomic mass is 9.92. The quantitative estimate of drug-likeness (QED) is 0.124. The number of benzene rings is 3. The van der Waals surface area contributed by atoms with E-state index in [4.69, 9.17) is 28.4 Å². The minimum atomic E-state index is -5.50. The predicted molar refractivity (Wildman–Crippen MR) is 151 cm³/mol. The van der Waals surface area contributed by atoms with Crippen LogP contribution in [-0.2, 0) is 49.3 Å². The molecular formula is C32H30F6O9. The summed E-state index contributed by atoms with van der Waals surface area (Å²) in [5, 5.41) is 0. The van der Waals surface area contributed by atoms with Gasteiger partial charge in [0.25, 0.3) is 11.2 Å². The molecule has 0 spiro atoms. The van der Waals surface area contributed by atoms with Crippen LogP contribution < -0.4 is 4.74 Å². The van der Waals surface area contributed by atoms with Gasteiger partial charge in [0.15, 0.2) is 6.10 Å². The number of alkyl halides is 6. The number of halogens is 6. The summed E-state index contributed by atoms with van der Waals surface area (Å²) in [5.74, 6) is -5.69. The van der Waals surface area contributed by atoms with Crippen LogP contribution in [0.3, 0.4) is 0 Å². The lowest BCUT2D eigenvalue weighted by Gasteiger charge is -2.36. The highest BCUT2D eigenvalue weighted by Gasteiger charge is 2.66. The standard InChI is InChI=1S/C32H30F6O9/c1-5-45-26(39)25(47-28(41)30(44-4,32(36,37)38)22-14-10-7-11-15-22)24(20-16-18-23(42-2)19-17-20)46-27(40)29(43-3,31(33,34)35)21-12-8-6-9-13-21/h6-19,24-25H,5H2,1-4H3/t24-,25+,29+,30+/m1/s1. The molecule has 9 nitrogen and oxygen atoms in total. The summed E-state index contributed by atoms with van der Waals surface area (Å²) in [7, 11) is 2.44. The van der Waals surface area contributed by atoms with E-state index in [-0.39, 0.29) is 11.3 Å². The van der Waals surface area contributed by atoms with E-state index in [9.17, 15) is 40.7 Å². The Morgan fingerprint density at radius 2 is 1.06 bits per heavy atom. The van der Waals surface area contributed by atoms with E-state index in [0.717, 1.165) is 36.4 Å². The van der Waals surface area contributed by atoms with Crippen molar-refractivity contribution in [1.29, 1.82) is 0 Å². The molecule has 0 fully saturated rings. The lowest BCUT2D eigenvalue weighted by Crippen LogP contribution is -2.55. The Kier molecular flexibility index (Phi) is 11.6. The molecule has 4 atom stereocenters. The first-order valence-corrected chi connectivity index (χ1v) is 13.7. The Labute approximate surface area is 265 Å². The van der Waals surface area contributed by atoms with Gasteiger partial charge in [-0.15, -0.1) is 0 Å². The molecule has 3 aromatic carbocycles. The van der Waals surface area contributed by atoms with Gasteiger partial charge >= 0.3 is 30.3 Å². The van der Waals surface area contributed by atoms with Crippen molar-refractivity contribution in [2.75, 3.05) is 27.9 Å². The van der Waals surface area contributed by atoms with Crippen molar-refractivity contribution in [2.24, 2.45) is 0 Å². The van der Waals surface area contributed by atoms with Gasteiger partial charge in [0.05, 0.1) is 13.7 Å². The number of carbonyl (C=O) groups excluding carboxylic acids is 3. The third-order valence-electron chi connectivity index (χ3n) is 7.05. The summed E-state index contributed by atoms with van der Waals surface area (Å²) < 4.78 is 118. The zero-order valence-corrected chi connectivity index (χ0v) is 25.4. The highest BCUT2D eigenvalue weighted by Crippen LogP contribution is 2.46. The lowest BCUT2D eigenvalue weighted by molar-refractivity contribution is -0.285. The zero-order chi connectivity index (χ0) is 35.0. The van der Waals surface area contributed by atoms with Crippen LogP contribution in [0.2, 0.25) is 0 Å². The van der Waals surface area contributed by atoms with Gasteiger partial charge in [-0.25, -0.2) is 14.4 Å². The maximum atomic E-state index is 14.7. The molecule has 15 heteroatoms. The Bertz CT molecular complexity index is 1500. The smallest absolute Gasteiger partial charge is 0.432 e. The second kappa shape index (κ2) is 14.9. The molecule has 254 valence electrons. The molecule has 47 heavy (non-hydrogen) atoms. The fourth-order valence-corrected chi connectivity index (χ4v) is 4.73. The molecule has 3 aromatic rings. The highest BCUT2D eigenvalue weighted by atomic mass is 19.4. The maximum absolute atomic E-state index is 14.7. The molecule has 0 heterocycles. The molecule has 0 aliphatic heterocycles. The van der Waals surface area contributed by atoms with Gasteiger partial charge in [-0.05, 0) is 24.6 Å². The number of rotatable bonds is 13. The van der Waals surface area contributed by atoms with Crippen LogP contribution in [0.4, 0.5) is 26.3 Å². The molecule has 0 unspecified atom stereocenters. The monoisotopic (exact) mass is 672 g/mol. The number of carbonyl (C=O) groups is 3. The van der Waals surface area contributed by atoms with Gasteiger partial charge in [0.2, 0.25) is 6.10 Å². The first-order valence-electron chi connectivity index (χ1n) is 13.7. The van der Waals surface area contributed by atoms with Gasteiger partial charge < -0.3 is 28.4 Å². The molecule has 0 radical (unpaired) electrons. The van der Waals surface area contributed by atoms with E-state index < -0.39 is 71.4 Å². The molecule has 0 saturated carbocycles. The molecule has 0 aliphatic rings. The minimum absolute atomic E-state index is 0.203. The van der Waals surface area contributed by atoms with Crippen LogP contribution in [0.15, 0.2) is 84.9 Å². The Morgan fingerprint density at radius 3 is 1.43 bits per heavy atom. The molecule has 0 bridgehead atoms. The van der Waals surface area contributed by atoms with E-state index in [1.54, 1.807) is 0 Å². The molecule has 0 saturated heterocycles. The summed E-state index contributed by atoms with van der Waals surface area (Å²) in [4.78, 5) is 40.5. The molecule has 0 amide bonds.